The fourth-order valence-corrected chi connectivity index (χ4v) is 4.09. The monoisotopic (exact) mass is 455 g/mol. The third-order valence-corrected chi connectivity index (χ3v) is 5.78. The van der Waals surface area contributed by atoms with E-state index in [2.05, 4.69) is 37.4 Å². The van der Waals surface area contributed by atoms with Gasteiger partial charge in [0.25, 0.3) is 0 Å². The number of aryl methyl sites for hydroxylation is 2. The number of methoxy groups -OCH3 is 1. The standard InChI is InChI=1S/C29H29NO4/c1-6-33-27-16-28-25(26(17-34-28)23-12-7-18(2)13-19(23)3)15-24(27)20(4)14-29(31)30-21-8-10-22(32-5)11-9-21/h7-17H,6H2,1-5H3,(H,30,31)/b20-14+. The summed E-state index contributed by atoms with van der Waals surface area (Å²) < 4.78 is 17.0. The molecule has 0 atom stereocenters. The number of benzene rings is 3. The fourth-order valence-electron chi connectivity index (χ4n) is 4.09. The Bertz CT molecular complexity index is 1360. The van der Waals surface area contributed by atoms with E-state index in [1.165, 1.54) is 11.1 Å². The van der Waals surface area contributed by atoms with E-state index in [1.807, 2.05) is 26.0 Å². The number of allylic oxidation sites excluding steroid dienone is 1. The molecule has 0 unspecified atom stereocenters. The molecular formula is C29H29NO4. The third-order valence-electron chi connectivity index (χ3n) is 5.78. The van der Waals surface area contributed by atoms with Crippen LogP contribution in [0.15, 0.2) is 71.4 Å². The van der Waals surface area contributed by atoms with Gasteiger partial charge in [0, 0.05) is 34.3 Å². The van der Waals surface area contributed by atoms with Gasteiger partial charge in [0.2, 0.25) is 5.91 Å². The molecule has 1 amide bonds. The van der Waals surface area contributed by atoms with Gasteiger partial charge in [-0.05, 0) is 74.7 Å². The molecule has 1 heterocycles. The van der Waals surface area contributed by atoms with E-state index in [-0.39, 0.29) is 5.91 Å². The van der Waals surface area contributed by atoms with Crippen molar-refractivity contribution < 1.29 is 18.7 Å². The third kappa shape index (κ3) is 4.84. The average Bonchev–Trinajstić information content (AvgIpc) is 3.21. The molecule has 0 saturated carbocycles. The largest absolute Gasteiger partial charge is 0.497 e. The van der Waals surface area contributed by atoms with Crippen molar-refractivity contribution in [2.45, 2.75) is 27.7 Å². The summed E-state index contributed by atoms with van der Waals surface area (Å²) in [6.07, 6.45) is 3.38. The molecule has 5 nitrogen and oxygen atoms in total. The zero-order valence-corrected chi connectivity index (χ0v) is 20.2. The van der Waals surface area contributed by atoms with Gasteiger partial charge in [-0.1, -0.05) is 23.8 Å². The Hall–Kier alpha value is -3.99. The average molecular weight is 456 g/mol. The predicted octanol–water partition coefficient (Wildman–Crippen LogP) is 7.17. The second kappa shape index (κ2) is 9.87. The van der Waals surface area contributed by atoms with Gasteiger partial charge in [-0.15, -0.1) is 0 Å². The number of ether oxygens (including phenoxy) is 2. The lowest BCUT2D eigenvalue weighted by Crippen LogP contribution is -2.08. The first-order valence-electron chi connectivity index (χ1n) is 11.3. The van der Waals surface area contributed by atoms with E-state index >= 15 is 0 Å². The van der Waals surface area contributed by atoms with E-state index in [0.717, 1.165) is 39.0 Å². The van der Waals surface area contributed by atoms with Crippen molar-refractivity contribution in [3.05, 3.63) is 83.6 Å². The van der Waals surface area contributed by atoms with Crippen LogP contribution in [0.3, 0.4) is 0 Å². The summed E-state index contributed by atoms with van der Waals surface area (Å²) in [5, 5.41) is 3.88. The van der Waals surface area contributed by atoms with Gasteiger partial charge in [-0.2, -0.15) is 0 Å². The molecule has 0 aliphatic rings. The number of hydrogen-bond acceptors (Lipinski definition) is 4. The zero-order valence-electron chi connectivity index (χ0n) is 20.2. The minimum absolute atomic E-state index is 0.216. The van der Waals surface area contributed by atoms with Gasteiger partial charge >= 0.3 is 0 Å². The van der Waals surface area contributed by atoms with Crippen LogP contribution in [0, 0.1) is 13.8 Å². The summed E-state index contributed by atoms with van der Waals surface area (Å²) in [6.45, 7) is 8.54. The Labute approximate surface area is 200 Å². The first-order chi connectivity index (χ1) is 16.4. The Morgan fingerprint density at radius 3 is 2.47 bits per heavy atom. The van der Waals surface area contributed by atoms with Gasteiger partial charge < -0.3 is 19.2 Å². The summed E-state index contributed by atoms with van der Waals surface area (Å²) in [7, 11) is 1.61. The lowest BCUT2D eigenvalue weighted by molar-refractivity contribution is -0.111. The molecule has 0 saturated heterocycles. The number of rotatable bonds is 7. The van der Waals surface area contributed by atoms with Crippen molar-refractivity contribution in [2.75, 3.05) is 19.0 Å². The lowest BCUT2D eigenvalue weighted by Gasteiger charge is -2.12. The van der Waals surface area contributed by atoms with Crippen molar-refractivity contribution in [1.29, 1.82) is 0 Å². The summed E-state index contributed by atoms with van der Waals surface area (Å²) in [5.41, 5.74) is 7.64. The van der Waals surface area contributed by atoms with Crippen molar-refractivity contribution >= 4 is 28.1 Å². The van der Waals surface area contributed by atoms with Crippen LogP contribution in [0.25, 0.3) is 27.7 Å². The first-order valence-corrected chi connectivity index (χ1v) is 11.3. The highest BCUT2D eigenvalue weighted by Crippen LogP contribution is 2.38. The maximum Gasteiger partial charge on any atom is 0.248 e. The molecule has 0 aliphatic heterocycles. The minimum atomic E-state index is -0.216. The summed E-state index contributed by atoms with van der Waals surface area (Å²) in [5.74, 6) is 1.20. The van der Waals surface area contributed by atoms with Crippen molar-refractivity contribution in [1.82, 2.24) is 0 Å². The molecule has 0 spiro atoms. The molecule has 174 valence electrons. The van der Waals surface area contributed by atoms with E-state index < -0.39 is 0 Å². The second-order valence-corrected chi connectivity index (χ2v) is 8.29. The summed E-state index contributed by atoms with van der Waals surface area (Å²) in [6, 6.07) is 17.6. The molecule has 0 radical (unpaired) electrons. The smallest absolute Gasteiger partial charge is 0.248 e. The first kappa shape index (κ1) is 23.2. The van der Waals surface area contributed by atoms with Crippen LogP contribution in [-0.2, 0) is 4.79 Å². The number of carbonyl (C=O) groups excluding carboxylic acids is 1. The Morgan fingerprint density at radius 2 is 1.79 bits per heavy atom. The second-order valence-electron chi connectivity index (χ2n) is 8.29. The Morgan fingerprint density at radius 1 is 1.03 bits per heavy atom. The number of fused-ring (bicyclic) bond motifs is 1. The van der Waals surface area contributed by atoms with Crippen molar-refractivity contribution in [3.8, 4) is 22.6 Å². The van der Waals surface area contributed by atoms with Crippen LogP contribution in [0.4, 0.5) is 5.69 Å². The van der Waals surface area contributed by atoms with Crippen LogP contribution < -0.4 is 14.8 Å². The molecule has 4 rings (SSSR count). The van der Waals surface area contributed by atoms with E-state index in [4.69, 9.17) is 13.9 Å². The highest BCUT2D eigenvalue weighted by Gasteiger charge is 2.16. The molecule has 0 fully saturated rings. The molecule has 1 aromatic heterocycles. The molecule has 0 aliphatic carbocycles. The number of amides is 1. The highest BCUT2D eigenvalue weighted by molar-refractivity contribution is 6.05. The number of nitrogens with one attached hydrogen (secondary N) is 1. The molecular weight excluding hydrogens is 426 g/mol. The van der Waals surface area contributed by atoms with Crippen LogP contribution >= 0.6 is 0 Å². The lowest BCUT2D eigenvalue weighted by atomic mass is 9.96. The number of furan rings is 1. The quantitative estimate of drug-likeness (QED) is 0.300. The Balaban J connectivity index is 1.71. The van der Waals surface area contributed by atoms with E-state index in [1.54, 1.807) is 43.7 Å². The summed E-state index contributed by atoms with van der Waals surface area (Å²) >= 11 is 0. The molecule has 1 N–H and O–H groups in total. The molecule has 4 aromatic rings. The predicted molar refractivity (Wildman–Crippen MR) is 138 cm³/mol. The molecule has 3 aromatic carbocycles. The maximum atomic E-state index is 12.7. The van der Waals surface area contributed by atoms with Crippen LogP contribution in [-0.4, -0.2) is 19.6 Å². The van der Waals surface area contributed by atoms with Crippen molar-refractivity contribution in [3.63, 3.8) is 0 Å². The van der Waals surface area contributed by atoms with Gasteiger partial charge in [0.05, 0.1) is 20.0 Å². The maximum absolute atomic E-state index is 12.7. The molecule has 5 heteroatoms. The van der Waals surface area contributed by atoms with Crippen molar-refractivity contribution in [2.24, 2.45) is 0 Å². The number of hydrogen-bond donors (Lipinski definition) is 1. The van der Waals surface area contributed by atoms with Gasteiger partial charge in [0.1, 0.15) is 17.1 Å². The van der Waals surface area contributed by atoms with Crippen LogP contribution in [0.1, 0.15) is 30.5 Å². The van der Waals surface area contributed by atoms with E-state index in [9.17, 15) is 4.79 Å². The topological polar surface area (TPSA) is 60.7 Å². The van der Waals surface area contributed by atoms with Crippen LogP contribution in [0.5, 0.6) is 11.5 Å². The van der Waals surface area contributed by atoms with Gasteiger partial charge in [0.15, 0.2) is 0 Å². The summed E-state index contributed by atoms with van der Waals surface area (Å²) in [4.78, 5) is 12.7. The van der Waals surface area contributed by atoms with E-state index in [0.29, 0.717) is 18.0 Å². The molecule has 34 heavy (non-hydrogen) atoms. The number of carbonyl (C=O) groups is 1. The SMILES string of the molecule is CCOc1cc2occ(-c3ccc(C)cc3C)c2cc1/C(C)=C/C(=O)Nc1ccc(OC)cc1. The zero-order chi connectivity index (χ0) is 24.2. The normalized spacial score (nSPS) is 11.5. The fraction of sp³-hybridized carbons (Fsp3) is 0.207. The van der Waals surface area contributed by atoms with Gasteiger partial charge in [-0.25, -0.2) is 0 Å². The van der Waals surface area contributed by atoms with Gasteiger partial charge in [-0.3, -0.25) is 4.79 Å². The highest BCUT2D eigenvalue weighted by atomic mass is 16.5. The van der Waals surface area contributed by atoms with Crippen LogP contribution in [0.2, 0.25) is 0 Å². The Kier molecular flexibility index (Phi) is 6.73. The molecule has 0 bridgehead atoms. The number of anilines is 1. The minimum Gasteiger partial charge on any atom is -0.497 e.